The maximum Gasteiger partial charge on any atom is 0.416 e. The van der Waals surface area contributed by atoms with Gasteiger partial charge in [-0.1, -0.05) is 42.5 Å². The van der Waals surface area contributed by atoms with Crippen LogP contribution in [-0.4, -0.2) is 34.7 Å². The Morgan fingerprint density at radius 3 is 2.19 bits per heavy atom. The molecular formula is C27H28F3NO5. The zero-order valence-corrected chi connectivity index (χ0v) is 20.3. The summed E-state index contributed by atoms with van der Waals surface area (Å²) in [5.74, 6) is -1.74. The van der Waals surface area contributed by atoms with Gasteiger partial charge in [0.25, 0.3) is 5.91 Å². The van der Waals surface area contributed by atoms with Gasteiger partial charge >= 0.3 is 12.1 Å². The normalized spacial score (nSPS) is 13.8. The molecule has 6 nitrogen and oxygen atoms in total. The number of carboxylic acids is 1. The number of carbonyl (C=O) groups excluding carboxylic acids is 1. The molecule has 0 aliphatic carbocycles. The quantitative estimate of drug-likeness (QED) is 0.404. The summed E-state index contributed by atoms with van der Waals surface area (Å²) in [5.41, 5.74) is -0.841. The van der Waals surface area contributed by atoms with E-state index in [0.29, 0.717) is 10.9 Å². The van der Waals surface area contributed by atoms with E-state index in [1.54, 1.807) is 45.9 Å². The molecule has 0 heterocycles. The summed E-state index contributed by atoms with van der Waals surface area (Å²) in [4.78, 5) is 25.1. The highest BCUT2D eigenvalue weighted by Gasteiger charge is 2.32. The minimum atomic E-state index is -4.45. The van der Waals surface area contributed by atoms with E-state index >= 15 is 0 Å². The molecular weight excluding hydrogens is 475 g/mol. The first-order valence-electron chi connectivity index (χ1n) is 11.3. The zero-order chi connectivity index (χ0) is 26.7. The van der Waals surface area contributed by atoms with Crippen LogP contribution in [0.2, 0.25) is 0 Å². The Morgan fingerprint density at radius 2 is 1.61 bits per heavy atom. The smallest absolute Gasteiger partial charge is 0.416 e. The predicted octanol–water partition coefficient (Wildman–Crippen LogP) is 5.82. The van der Waals surface area contributed by atoms with E-state index in [0.717, 1.165) is 17.5 Å². The second-order valence-electron chi connectivity index (χ2n) is 9.37. The molecule has 0 radical (unpaired) electrons. The van der Waals surface area contributed by atoms with Gasteiger partial charge in [0, 0.05) is 5.39 Å². The van der Waals surface area contributed by atoms with Gasteiger partial charge in [0.05, 0.1) is 22.8 Å². The molecule has 0 aliphatic rings. The molecule has 0 bridgehead atoms. The third-order valence-electron chi connectivity index (χ3n) is 5.35. The number of nitrogens with one attached hydrogen (secondary N) is 1. The van der Waals surface area contributed by atoms with Crippen LogP contribution in [0.3, 0.4) is 0 Å². The van der Waals surface area contributed by atoms with Crippen molar-refractivity contribution < 1.29 is 37.3 Å². The summed E-state index contributed by atoms with van der Waals surface area (Å²) >= 11 is 0. The first-order valence-corrected chi connectivity index (χ1v) is 11.3. The van der Waals surface area contributed by atoms with E-state index in [1.807, 2.05) is 12.1 Å². The van der Waals surface area contributed by atoms with Crippen LogP contribution in [0.5, 0.6) is 5.75 Å². The van der Waals surface area contributed by atoms with Crippen LogP contribution in [0.15, 0.2) is 60.7 Å². The number of fused-ring (bicyclic) bond motifs is 1. The number of halogens is 3. The minimum absolute atomic E-state index is 0.0924. The molecule has 3 aromatic rings. The molecule has 2 atom stereocenters. The molecule has 36 heavy (non-hydrogen) atoms. The number of amides is 1. The monoisotopic (exact) mass is 503 g/mol. The van der Waals surface area contributed by atoms with Gasteiger partial charge in [-0.3, -0.25) is 4.79 Å². The van der Waals surface area contributed by atoms with E-state index in [1.165, 1.54) is 18.2 Å². The molecule has 0 spiro atoms. The fourth-order valence-electron chi connectivity index (χ4n) is 3.75. The Hall–Kier alpha value is -3.59. The Kier molecular flexibility index (Phi) is 7.93. The van der Waals surface area contributed by atoms with Crippen LogP contribution < -0.4 is 10.1 Å². The first kappa shape index (κ1) is 27.0. The number of carboxylic acid groups (broad SMARTS) is 1. The zero-order valence-electron chi connectivity index (χ0n) is 20.3. The average molecular weight is 504 g/mol. The molecule has 9 heteroatoms. The molecule has 3 aromatic carbocycles. The van der Waals surface area contributed by atoms with Gasteiger partial charge in [-0.2, -0.15) is 13.2 Å². The number of hydrogen-bond acceptors (Lipinski definition) is 4. The molecule has 0 saturated carbocycles. The number of rotatable bonds is 8. The molecule has 1 amide bonds. The van der Waals surface area contributed by atoms with Gasteiger partial charge in [-0.15, -0.1) is 0 Å². The van der Waals surface area contributed by atoms with Crippen LogP contribution in [0.1, 0.15) is 49.2 Å². The topological polar surface area (TPSA) is 84.9 Å². The number of benzene rings is 3. The number of aliphatic carboxylic acids is 1. The van der Waals surface area contributed by atoms with Crippen molar-refractivity contribution in [2.75, 3.05) is 0 Å². The van der Waals surface area contributed by atoms with E-state index in [-0.39, 0.29) is 17.9 Å². The van der Waals surface area contributed by atoms with Crippen molar-refractivity contribution in [1.29, 1.82) is 0 Å². The lowest BCUT2D eigenvalue weighted by molar-refractivity contribution is -0.147. The fourth-order valence-corrected chi connectivity index (χ4v) is 3.75. The molecule has 0 aliphatic heterocycles. The van der Waals surface area contributed by atoms with Crippen molar-refractivity contribution >= 4 is 22.6 Å². The van der Waals surface area contributed by atoms with Crippen LogP contribution in [-0.2, 0) is 22.3 Å². The van der Waals surface area contributed by atoms with Gasteiger partial charge in [0.1, 0.15) is 12.4 Å². The Morgan fingerprint density at radius 1 is 0.972 bits per heavy atom. The lowest BCUT2D eigenvalue weighted by Crippen LogP contribution is -2.50. The third-order valence-corrected chi connectivity index (χ3v) is 5.35. The maximum atomic E-state index is 13.2. The Labute approximate surface area is 207 Å². The molecule has 3 rings (SSSR count). The van der Waals surface area contributed by atoms with Crippen molar-refractivity contribution in [2.24, 2.45) is 0 Å². The van der Waals surface area contributed by atoms with Crippen molar-refractivity contribution in [3.63, 3.8) is 0 Å². The van der Waals surface area contributed by atoms with Gasteiger partial charge in [-0.05, 0) is 56.8 Å². The summed E-state index contributed by atoms with van der Waals surface area (Å²) < 4.78 is 50.3. The summed E-state index contributed by atoms with van der Waals surface area (Å²) in [6.45, 7) is 6.80. The first-order chi connectivity index (χ1) is 16.8. The van der Waals surface area contributed by atoms with Crippen molar-refractivity contribution in [1.82, 2.24) is 5.32 Å². The lowest BCUT2D eigenvalue weighted by Gasteiger charge is -2.29. The minimum Gasteiger partial charge on any atom is -0.487 e. The number of ether oxygens (including phenoxy) is 2. The Balaban J connectivity index is 1.90. The predicted molar refractivity (Wildman–Crippen MR) is 129 cm³/mol. The third kappa shape index (κ3) is 6.75. The molecule has 192 valence electrons. The van der Waals surface area contributed by atoms with Gasteiger partial charge in [0.2, 0.25) is 0 Å². The second kappa shape index (κ2) is 10.6. The highest BCUT2D eigenvalue weighted by atomic mass is 19.4. The van der Waals surface area contributed by atoms with Crippen molar-refractivity contribution in [2.45, 2.75) is 58.2 Å². The standard InChI is InChI=1S/C27H28F3NO5/c1-16(36-26(2,3)4)22(25(33)34)31-24(32)21-14-11-18-7-5-6-8-20(18)23(21)35-15-17-9-12-19(13-10-17)27(28,29)30/h5-14,16,22H,15H2,1-4H3,(H,31,32)(H,33,34)/t16-,22-/m0/s1. The maximum absolute atomic E-state index is 13.2. The van der Waals surface area contributed by atoms with Crippen molar-refractivity contribution in [3.05, 3.63) is 77.4 Å². The van der Waals surface area contributed by atoms with Crippen LogP contribution in [0.4, 0.5) is 13.2 Å². The SMILES string of the molecule is C[C@H](OC(C)(C)C)[C@H](NC(=O)c1ccc2ccccc2c1OCc1ccc(C(F)(F)F)cc1)C(=O)O. The number of carbonyl (C=O) groups is 2. The number of hydrogen-bond donors (Lipinski definition) is 2. The lowest BCUT2D eigenvalue weighted by atomic mass is 10.0. The van der Waals surface area contributed by atoms with Gasteiger partial charge in [-0.25, -0.2) is 4.79 Å². The van der Waals surface area contributed by atoms with Crippen LogP contribution in [0.25, 0.3) is 10.8 Å². The highest BCUT2D eigenvalue weighted by Crippen LogP contribution is 2.32. The van der Waals surface area contributed by atoms with E-state index in [2.05, 4.69) is 5.32 Å². The molecule has 2 N–H and O–H groups in total. The van der Waals surface area contributed by atoms with E-state index < -0.39 is 41.4 Å². The molecule has 0 saturated heterocycles. The highest BCUT2D eigenvalue weighted by molar-refractivity contribution is 6.04. The summed E-state index contributed by atoms with van der Waals surface area (Å²) in [5, 5.41) is 13.6. The van der Waals surface area contributed by atoms with E-state index in [4.69, 9.17) is 9.47 Å². The largest absolute Gasteiger partial charge is 0.487 e. The summed E-state index contributed by atoms with van der Waals surface area (Å²) in [6.07, 6.45) is -5.28. The number of alkyl halides is 3. The van der Waals surface area contributed by atoms with Gasteiger partial charge < -0.3 is 19.9 Å². The average Bonchev–Trinajstić information content (AvgIpc) is 2.79. The second-order valence-corrected chi connectivity index (χ2v) is 9.37. The van der Waals surface area contributed by atoms with E-state index in [9.17, 15) is 27.9 Å². The molecule has 0 aromatic heterocycles. The Bertz CT molecular complexity index is 1230. The van der Waals surface area contributed by atoms with Crippen molar-refractivity contribution in [3.8, 4) is 5.75 Å². The molecule has 0 unspecified atom stereocenters. The van der Waals surface area contributed by atoms with Gasteiger partial charge in [0.15, 0.2) is 6.04 Å². The van der Waals surface area contributed by atoms with Crippen LogP contribution in [0, 0.1) is 0 Å². The molecule has 0 fully saturated rings. The summed E-state index contributed by atoms with van der Waals surface area (Å²) in [7, 11) is 0. The van der Waals surface area contributed by atoms with Crippen LogP contribution >= 0.6 is 0 Å². The fraction of sp³-hybridized carbons (Fsp3) is 0.333. The summed E-state index contributed by atoms with van der Waals surface area (Å²) in [6, 6.07) is 13.6.